The molecule has 8 heteroatoms. The van der Waals surface area contributed by atoms with Gasteiger partial charge in [-0.25, -0.2) is 4.98 Å². The summed E-state index contributed by atoms with van der Waals surface area (Å²) in [5, 5.41) is 16.1. The van der Waals surface area contributed by atoms with Gasteiger partial charge in [0.25, 0.3) is 0 Å². The number of aromatic nitrogens is 3. The fourth-order valence-electron chi connectivity index (χ4n) is 2.13. The van der Waals surface area contributed by atoms with Crippen LogP contribution in [0.2, 0.25) is 10.0 Å². The van der Waals surface area contributed by atoms with Gasteiger partial charge in [-0.3, -0.25) is 4.98 Å². The molecule has 0 atom stereocenters. The quantitative estimate of drug-likeness (QED) is 0.603. The van der Waals surface area contributed by atoms with Gasteiger partial charge < -0.3 is 15.7 Å². The van der Waals surface area contributed by atoms with Crippen LogP contribution in [-0.2, 0) is 0 Å². The van der Waals surface area contributed by atoms with E-state index >= 15 is 0 Å². The number of nitrogens with zero attached hydrogens (tertiary/aromatic N) is 3. The largest absolute Gasteiger partial charge is 0.395 e. The Hall–Kier alpha value is -2.41. The maximum absolute atomic E-state index is 9.00. The third-order valence-electron chi connectivity index (χ3n) is 3.24. The van der Waals surface area contributed by atoms with Crippen LogP contribution in [0.5, 0.6) is 0 Å². The SMILES string of the molecule is OCCNc1nc(Nc2ccc(Cl)c(Cl)c2)cc(-c2ccccn2)n1. The van der Waals surface area contributed by atoms with Gasteiger partial charge in [-0.2, -0.15) is 4.98 Å². The molecule has 0 spiro atoms. The van der Waals surface area contributed by atoms with Crippen LogP contribution in [0.3, 0.4) is 0 Å². The van der Waals surface area contributed by atoms with Gasteiger partial charge in [0, 0.05) is 24.5 Å². The van der Waals surface area contributed by atoms with Crippen molar-refractivity contribution in [1.82, 2.24) is 15.0 Å². The van der Waals surface area contributed by atoms with Crippen molar-refractivity contribution in [2.24, 2.45) is 0 Å². The van der Waals surface area contributed by atoms with Gasteiger partial charge in [-0.1, -0.05) is 29.3 Å². The second-order valence-corrected chi connectivity index (χ2v) is 5.90. The van der Waals surface area contributed by atoms with Crippen LogP contribution in [0.4, 0.5) is 17.5 Å². The van der Waals surface area contributed by atoms with E-state index in [1.807, 2.05) is 18.2 Å². The summed E-state index contributed by atoms with van der Waals surface area (Å²) in [5.41, 5.74) is 2.11. The molecule has 0 bridgehead atoms. The Morgan fingerprint density at radius 1 is 0.960 bits per heavy atom. The van der Waals surface area contributed by atoms with Crippen LogP contribution in [0.15, 0.2) is 48.7 Å². The van der Waals surface area contributed by atoms with Crippen molar-refractivity contribution in [3.8, 4) is 11.4 Å². The first-order valence-electron chi connectivity index (χ1n) is 7.53. The molecule has 3 rings (SSSR count). The number of aliphatic hydroxyl groups is 1. The van der Waals surface area contributed by atoms with Gasteiger partial charge in [0.15, 0.2) is 0 Å². The highest BCUT2D eigenvalue weighted by atomic mass is 35.5. The molecular formula is C17H15Cl2N5O. The molecule has 25 heavy (non-hydrogen) atoms. The third kappa shape index (κ3) is 4.57. The molecule has 0 fully saturated rings. The Kier molecular flexibility index (Phi) is 5.65. The van der Waals surface area contributed by atoms with Crippen LogP contribution in [0.25, 0.3) is 11.4 Å². The molecule has 2 heterocycles. The van der Waals surface area contributed by atoms with Crippen molar-refractivity contribution < 1.29 is 5.11 Å². The molecule has 0 aliphatic carbocycles. The topological polar surface area (TPSA) is 83.0 Å². The monoisotopic (exact) mass is 375 g/mol. The van der Waals surface area contributed by atoms with Crippen LogP contribution >= 0.6 is 23.2 Å². The highest BCUT2D eigenvalue weighted by Gasteiger charge is 2.08. The van der Waals surface area contributed by atoms with Gasteiger partial charge in [0.2, 0.25) is 5.95 Å². The summed E-state index contributed by atoms with van der Waals surface area (Å²) in [7, 11) is 0. The van der Waals surface area contributed by atoms with Crippen molar-refractivity contribution in [2.45, 2.75) is 0 Å². The number of anilines is 3. The van der Waals surface area contributed by atoms with Crippen LogP contribution in [0, 0.1) is 0 Å². The van der Waals surface area contributed by atoms with E-state index in [-0.39, 0.29) is 6.61 Å². The van der Waals surface area contributed by atoms with Crippen molar-refractivity contribution in [1.29, 1.82) is 0 Å². The highest BCUT2D eigenvalue weighted by molar-refractivity contribution is 6.42. The minimum atomic E-state index is -0.0211. The number of hydrogen-bond donors (Lipinski definition) is 3. The van der Waals surface area contributed by atoms with Crippen LogP contribution in [-0.4, -0.2) is 33.2 Å². The summed E-state index contributed by atoms with van der Waals surface area (Å²) in [4.78, 5) is 13.1. The molecule has 3 aromatic rings. The smallest absolute Gasteiger partial charge is 0.225 e. The highest BCUT2D eigenvalue weighted by Crippen LogP contribution is 2.28. The maximum Gasteiger partial charge on any atom is 0.225 e. The van der Waals surface area contributed by atoms with E-state index in [0.29, 0.717) is 39.7 Å². The molecule has 3 N–H and O–H groups in total. The standard InChI is InChI=1S/C17H15Cl2N5O/c18-12-5-4-11(9-13(12)19)22-16-10-15(14-3-1-2-6-20-14)23-17(24-16)21-7-8-25/h1-6,9-10,25H,7-8H2,(H2,21,22,23,24). The fourth-order valence-corrected chi connectivity index (χ4v) is 2.42. The minimum Gasteiger partial charge on any atom is -0.395 e. The number of pyridine rings is 1. The predicted molar refractivity (Wildman–Crippen MR) is 101 cm³/mol. The molecule has 128 valence electrons. The van der Waals surface area contributed by atoms with Crippen molar-refractivity contribution in [3.63, 3.8) is 0 Å². The van der Waals surface area contributed by atoms with Gasteiger partial charge in [0.05, 0.1) is 28.0 Å². The van der Waals surface area contributed by atoms with E-state index < -0.39 is 0 Å². The van der Waals surface area contributed by atoms with E-state index in [9.17, 15) is 0 Å². The number of halogens is 2. The minimum absolute atomic E-state index is 0.0211. The number of rotatable bonds is 6. The molecule has 0 aliphatic heterocycles. The summed E-state index contributed by atoms with van der Waals surface area (Å²) in [6, 6.07) is 12.6. The molecule has 6 nitrogen and oxygen atoms in total. The zero-order valence-electron chi connectivity index (χ0n) is 13.1. The summed E-state index contributed by atoms with van der Waals surface area (Å²) >= 11 is 12.0. The molecular weight excluding hydrogens is 361 g/mol. The molecule has 0 unspecified atom stereocenters. The van der Waals surface area contributed by atoms with Crippen molar-refractivity contribution in [3.05, 3.63) is 58.7 Å². The predicted octanol–water partition coefficient (Wildman–Crippen LogP) is 3.99. The second kappa shape index (κ2) is 8.11. The molecule has 0 aliphatic rings. The number of nitrogens with one attached hydrogen (secondary N) is 2. The number of aliphatic hydroxyl groups excluding tert-OH is 1. The molecule has 0 saturated heterocycles. The number of hydrogen-bond acceptors (Lipinski definition) is 6. The van der Waals surface area contributed by atoms with E-state index in [1.165, 1.54) is 0 Å². The van der Waals surface area contributed by atoms with Crippen molar-refractivity contribution in [2.75, 3.05) is 23.8 Å². The summed E-state index contributed by atoms with van der Waals surface area (Å²) in [6.45, 7) is 0.324. The lowest BCUT2D eigenvalue weighted by atomic mass is 10.2. The zero-order valence-corrected chi connectivity index (χ0v) is 14.6. The second-order valence-electron chi connectivity index (χ2n) is 5.08. The first-order chi connectivity index (χ1) is 12.2. The Balaban J connectivity index is 1.95. The average Bonchev–Trinajstić information content (AvgIpc) is 2.63. The van der Waals surface area contributed by atoms with Crippen LogP contribution in [0.1, 0.15) is 0 Å². The Morgan fingerprint density at radius 3 is 2.56 bits per heavy atom. The van der Waals surface area contributed by atoms with E-state index in [4.69, 9.17) is 28.3 Å². The van der Waals surface area contributed by atoms with Gasteiger partial charge >= 0.3 is 0 Å². The van der Waals surface area contributed by atoms with Gasteiger partial charge in [0.1, 0.15) is 5.82 Å². The summed E-state index contributed by atoms with van der Waals surface area (Å²) in [5.74, 6) is 0.953. The maximum atomic E-state index is 9.00. The summed E-state index contributed by atoms with van der Waals surface area (Å²) in [6.07, 6.45) is 1.70. The molecule has 2 aromatic heterocycles. The van der Waals surface area contributed by atoms with E-state index in [2.05, 4.69) is 25.6 Å². The molecule has 0 saturated carbocycles. The normalized spacial score (nSPS) is 10.5. The Labute approximate surface area is 154 Å². The fraction of sp³-hybridized carbons (Fsp3) is 0.118. The Bertz CT molecular complexity index is 861. The van der Waals surface area contributed by atoms with E-state index in [1.54, 1.807) is 30.5 Å². The lowest BCUT2D eigenvalue weighted by Gasteiger charge is -2.11. The lowest BCUT2D eigenvalue weighted by molar-refractivity contribution is 0.311. The first-order valence-corrected chi connectivity index (χ1v) is 8.28. The molecule has 1 aromatic carbocycles. The van der Waals surface area contributed by atoms with Gasteiger partial charge in [-0.05, 0) is 30.3 Å². The Morgan fingerprint density at radius 2 is 1.84 bits per heavy atom. The van der Waals surface area contributed by atoms with Crippen molar-refractivity contribution >= 4 is 40.7 Å². The average molecular weight is 376 g/mol. The van der Waals surface area contributed by atoms with E-state index in [0.717, 1.165) is 5.69 Å². The molecule has 0 radical (unpaired) electrons. The lowest BCUT2D eigenvalue weighted by Crippen LogP contribution is -2.10. The van der Waals surface area contributed by atoms with Crippen LogP contribution < -0.4 is 10.6 Å². The summed E-state index contributed by atoms with van der Waals surface area (Å²) < 4.78 is 0. The third-order valence-corrected chi connectivity index (χ3v) is 3.98. The first kappa shape index (κ1) is 17.4. The van der Waals surface area contributed by atoms with Gasteiger partial charge in [-0.15, -0.1) is 0 Å². The molecule has 0 amide bonds. The zero-order chi connectivity index (χ0) is 17.6. The number of benzene rings is 1.